The molecule has 1 rings (SSSR count). The standard InChI is InChI=1S/C9H11BrFNO/c1-9(2,13-12)7-4-3-6(11)5-8(7)10/h3-5H,12H2,1-2H3. The van der Waals surface area contributed by atoms with Crippen molar-refractivity contribution in [3.63, 3.8) is 0 Å². The number of nitrogens with two attached hydrogens (primary N) is 1. The third kappa shape index (κ3) is 2.27. The summed E-state index contributed by atoms with van der Waals surface area (Å²) >= 11 is 3.25. The van der Waals surface area contributed by atoms with Crippen LogP contribution in [0, 0.1) is 5.82 Å². The van der Waals surface area contributed by atoms with E-state index < -0.39 is 5.60 Å². The first-order valence-corrected chi connectivity index (χ1v) is 4.60. The van der Waals surface area contributed by atoms with Crippen molar-refractivity contribution >= 4 is 15.9 Å². The molecule has 0 atom stereocenters. The highest BCUT2D eigenvalue weighted by Gasteiger charge is 2.23. The molecular weight excluding hydrogens is 237 g/mol. The molecule has 4 heteroatoms. The summed E-state index contributed by atoms with van der Waals surface area (Å²) in [6.45, 7) is 3.62. The molecule has 0 unspecified atom stereocenters. The van der Waals surface area contributed by atoms with Crippen LogP contribution in [0.15, 0.2) is 22.7 Å². The Labute approximate surface area is 85.0 Å². The van der Waals surface area contributed by atoms with Gasteiger partial charge in [0, 0.05) is 4.47 Å². The third-order valence-electron chi connectivity index (χ3n) is 1.87. The summed E-state index contributed by atoms with van der Waals surface area (Å²) < 4.78 is 13.4. The number of hydrogen-bond acceptors (Lipinski definition) is 2. The van der Waals surface area contributed by atoms with Crippen LogP contribution in [0.25, 0.3) is 0 Å². The molecule has 0 fully saturated rings. The van der Waals surface area contributed by atoms with Gasteiger partial charge in [0.2, 0.25) is 0 Å². The van der Waals surface area contributed by atoms with E-state index in [1.165, 1.54) is 12.1 Å². The highest BCUT2D eigenvalue weighted by Crippen LogP contribution is 2.30. The Hall–Kier alpha value is -0.450. The largest absolute Gasteiger partial charge is 0.294 e. The Morgan fingerprint density at radius 1 is 1.46 bits per heavy atom. The van der Waals surface area contributed by atoms with Crippen LogP contribution in [-0.2, 0) is 10.4 Å². The van der Waals surface area contributed by atoms with E-state index in [1.807, 2.05) is 13.8 Å². The molecule has 0 bridgehead atoms. The van der Waals surface area contributed by atoms with E-state index in [4.69, 9.17) is 10.7 Å². The molecule has 1 aromatic carbocycles. The Balaban J connectivity index is 3.16. The second kappa shape index (κ2) is 3.74. The summed E-state index contributed by atoms with van der Waals surface area (Å²) in [5, 5.41) is 0. The molecule has 0 aliphatic heterocycles. The van der Waals surface area contributed by atoms with Gasteiger partial charge in [0.15, 0.2) is 0 Å². The number of hydrogen-bond donors (Lipinski definition) is 1. The summed E-state index contributed by atoms with van der Waals surface area (Å²) in [5.41, 5.74) is 0.198. The van der Waals surface area contributed by atoms with Gasteiger partial charge < -0.3 is 0 Å². The molecule has 72 valence electrons. The van der Waals surface area contributed by atoms with Gasteiger partial charge in [0.1, 0.15) is 11.4 Å². The van der Waals surface area contributed by atoms with Gasteiger partial charge in [-0.15, -0.1) is 0 Å². The number of halogens is 2. The van der Waals surface area contributed by atoms with Crippen LogP contribution in [0.4, 0.5) is 4.39 Å². The lowest BCUT2D eigenvalue weighted by Gasteiger charge is -2.23. The molecule has 2 N–H and O–H groups in total. The summed E-state index contributed by atoms with van der Waals surface area (Å²) in [6.07, 6.45) is 0. The Morgan fingerprint density at radius 2 is 2.08 bits per heavy atom. The van der Waals surface area contributed by atoms with Crippen LogP contribution in [-0.4, -0.2) is 0 Å². The lowest BCUT2D eigenvalue weighted by molar-refractivity contribution is -0.0241. The normalized spacial score (nSPS) is 11.8. The van der Waals surface area contributed by atoms with Crippen LogP contribution < -0.4 is 5.90 Å². The molecule has 0 saturated heterocycles. The van der Waals surface area contributed by atoms with Crippen LogP contribution in [0.2, 0.25) is 0 Å². The fourth-order valence-corrected chi connectivity index (χ4v) is 1.87. The van der Waals surface area contributed by atoms with Gasteiger partial charge in [0.25, 0.3) is 0 Å². The van der Waals surface area contributed by atoms with Gasteiger partial charge in [0.05, 0.1) is 0 Å². The Kier molecular flexibility index (Phi) is 3.05. The average molecular weight is 248 g/mol. The summed E-state index contributed by atoms with van der Waals surface area (Å²) in [7, 11) is 0. The Morgan fingerprint density at radius 3 is 2.54 bits per heavy atom. The second-order valence-corrected chi connectivity index (χ2v) is 4.11. The molecule has 0 spiro atoms. The van der Waals surface area contributed by atoms with E-state index in [-0.39, 0.29) is 5.82 Å². The minimum atomic E-state index is -0.619. The van der Waals surface area contributed by atoms with Gasteiger partial charge in [-0.25, -0.2) is 10.3 Å². The van der Waals surface area contributed by atoms with Gasteiger partial charge in [-0.1, -0.05) is 22.0 Å². The fraction of sp³-hybridized carbons (Fsp3) is 0.333. The zero-order chi connectivity index (χ0) is 10.1. The first-order valence-electron chi connectivity index (χ1n) is 3.81. The van der Waals surface area contributed by atoms with E-state index >= 15 is 0 Å². The first kappa shape index (κ1) is 10.6. The van der Waals surface area contributed by atoms with E-state index in [9.17, 15) is 4.39 Å². The predicted molar refractivity (Wildman–Crippen MR) is 52.4 cm³/mol. The van der Waals surface area contributed by atoms with Crippen molar-refractivity contribution in [1.29, 1.82) is 0 Å². The van der Waals surface area contributed by atoms with Gasteiger partial charge in [-0.3, -0.25) is 4.84 Å². The van der Waals surface area contributed by atoms with E-state index in [2.05, 4.69) is 15.9 Å². The van der Waals surface area contributed by atoms with Crippen molar-refractivity contribution in [2.75, 3.05) is 0 Å². The lowest BCUT2D eigenvalue weighted by atomic mass is 9.98. The van der Waals surface area contributed by atoms with E-state index in [1.54, 1.807) is 6.07 Å². The molecule has 0 aliphatic carbocycles. The average Bonchev–Trinajstić information content (AvgIpc) is 2.03. The van der Waals surface area contributed by atoms with Gasteiger partial charge >= 0.3 is 0 Å². The van der Waals surface area contributed by atoms with Crippen LogP contribution in [0.3, 0.4) is 0 Å². The van der Waals surface area contributed by atoms with Crippen LogP contribution >= 0.6 is 15.9 Å². The zero-order valence-corrected chi connectivity index (χ0v) is 9.06. The second-order valence-electron chi connectivity index (χ2n) is 3.25. The first-order chi connectivity index (χ1) is 5.97. The van der Waals surface area contributed by atoms with Crippen LogP contribution in [0.1, 0.15) is 19.4 Å². The molecular formula is C9H11BrFNO. The maximum atomic E-state index is 12.7. The van der Waals surface area contributed by atoms with Crippen molar-refractivity contribution in [2.24, 2.45) is 5.90 Å². The van der Waals surface area contributed by atoms with Crippen molar-refractivity contribution < 1.29 is 9.23 Å². The number of benzene rings is 1. The third-order valence-corrected chi connectivity index (χ3v) is 2.53. The minimum absolute atomic E-state index is 0.288. The molecule has 0 aliphatic rings. The van der Waals surface area contributed by atoms with Gasteiger partial charge in [-0.05, 0) is 31.5 Å². The quantitative estimate of drug-likeness (QED) is 0.816. The molecule has 0 aromatic heterocycles. The highest BCUT2D eigenvalue weighted by atomic mass is 79.9. The van der Waals surface area contributed by atoms with Crippen molar-refractivity contribution in [3.8, 4) is 0 Å². The van der Waals surface area contributed by atoms with E-state index in [0.717, 1.165) is 5.56 Å². The monoisotopic (exact) mass is 247 g/mol. The molecule has 13 heavy (non-hydrogen) atoms. The molecule has 0 radical (unpaired) electrons. The fourth-order valence-electron chi connectivity index (χ4n) is 1.04. The van der Waals surface area contributed by atoms with Crippen molar-refractivity contribution in [2.45, 2.75) is 19.4 Å². The number of rotatable bonds is 2. The predicted octanol–water partition coefficient (Wildman–Crippen LogP) is 2.71. The summed E-state index contributed by atoms with van der Waals surface area (Å²) in [4.78, 5) is 4.79. The maximum Gasteiger partial charge on any atom is 0.124 e. The molecule has 1 aromatic rings. The SMILES string of the molecule is CC(C)(ON)c1ccc(F)cc1Br. The summed E-state index contributed by atoms with van der Waals surface area (Å²) in [6, 6.07) is 4.41. The smallest absolute Gasteiger partial charge is 0.124 e. The minimum Gasteiger partial charge on any atom is -0.294 e. The van der Waals surface area contributed by atoms with Gasteiger partial charge in [-0.2, -0.15) is 0 Å². The van der Waals surface area contributed by atoms with Crippen LogP contribution in [0.5, 0.6) is 0 Å². The van der Waals surface area contributed by atoms with E-state index in [0.29, 0.717) is 4.47 Å². The zero-order valence-electron chi connectivity index (χ0n) is 7.47. The summed E-state index contributed by atoms with van der Waals surface area (Å²) in [5.74, 6) is 4.84. The molecule has 0 amide bonds. The molecule has 0 heterocycles. The molecule has 2 nitrogen and oxygen atoms in total. The molecule has 0 saturated carbocycles. The van der Waals surface area contributed by atoms with Crippen molar-refractivity contribution in [1.82, 2.24) is 0 Å². The lowest BCUT2D eigenvalue weighted by Crippen LogP contribution is -2.25. The maximum absolute atomic E-state index is 12.7. The Bertz CT molecular complexity index is 314. The van der Waals surface area contributed by atoms with Crippen molar-refractivity contribution in [3.05, 3.63) is 34.1 Å². The highest BCUT2D eigenvalue weighted by molar-refractivity contribution is 9.10. The topological polar surface area (TPSA) is 35.2 Å².